The van der Waals surface area contributed by atoms with Crippen LogP contribution in [0.4, 0.5) is 11.4 Å². The van der Waals surface area contributed by atoms with E-state index in [-0.39, 0.29) is 32.6 Å². The number of amides is 2. The number of anilines is 2. The average molecular weight is 369 g/mol. The molecular weight excluding hydrogens is 356 g/mol. The molecule has 0 bridgehead atoms. The van der Waals surface area contributed by atoms with Crippen LogP contribution in [-0.2, 0) is 14.6 Å². The van der Waals surface area contributed by atoms with Crippen LogP contribution in [0.15, 0.2) is 41.3 Å². The van der Waals surface area contributed by atoms with E-state index in [2.05, 4.69) is 10.6 Å². The number of halogens is 1. The van der Waals surface area contributed by atoms with Gasteiger partial charge < -0.3 is 15.7 Å². The number of benzene rings is 2. The lowest BCUT2D eigenvalue weighted by molar-refractivity contribution is -0.105. The molecule has 2 aromatic rings. The molecule has 0 radical (unpaired) electrons. The molecule has 0 aliphatic rings. The summed E-state index contributed by atoms with van der Waals surface area (Å²) in [5.74, 6) is -0.845. The first-order valence-corrected chi connectivity index (χ1v) is 8.83. The van der Waals surface area contributed by atoms with Gasteiger partial charge in [0.2, 0.25) is 6.41 Å². The van der Waals surface area contributed by atoms with Crippen molar-refractivity contribution >= 4 is 45.1 Å². The second-order valence-electron chi connectivity index (χ2n) is 4.86. The largest absolute Gasteiger partial charge is 0.506 e. The highest BCUT2D eigenvalue weighted by molar-refractivity contribution is 7.90. The molecule has 0 spiro atoms. The summed E-state index contributed by atoms with van der Waals surface area (Å²) in [6, 6.07) is 7.81. The Hall–Kier alpha value is -2.58. The zero-order chi connectivity index (χ0) is 17.9. The van der Waals surface area contributed by atoms with Crippen LogP contribution in [0.5, 0.6) is 5.75 Å². The van der Waals surface area contributed by atoms with Gasteiger partial charge in [-0.05, 0) is 30.3 Å². The van der Waals surface area contributed by atoms with Crippen LogP contribution in [0.3, 0.4) is 0 Å². The van der Waals surface area contributed by atoms with E-state index >= 15 is 0 Å². The van der Waals surface area contributed by atoms with Crippen molar-refractivity contribution in [3.8, 4) is 5.75 Å². The van der Waals surface area contributed by atoms with E-state index in [4.69, 9.17) is 11.6 Å². The normalized spacial score (nSPS) is 10.9. The molecule has 0 atom stereocenters. The highest BCUT2D eigenvalue weighted by Crippen LogP contribution is 2.33. The minimum Gasteiger partial charge on any atom is -0.506 e. The Kier molecular flexibility index (Phi) is 5.10. The number of hydrogen-bond acceptors (Lipinski definition) is 5. The molecule has 0 fully saturated rings. The lowest BCUT2D eigenvalue weighted by Gasteiger charge is -2.11. The van der Waals surface area contributed by atoms with Crippen LogP contribution < -0.4 is 10.6 Å². The first-order chi connectivity index (χ1) is 11.2. The Morgan fingerprint density at radius 2 is 1.79 bits per heavy atom. The molecule has 0 aliphatic heterocycles. The Morgan fingerprint density at radius 3 is 2.33 bits per heavy atom. The molecule has 0 saturated carbocycles. The van der Waals surface area contributed by atoms with Gasteiger partial charge in [0.15, 0.2) is 9.84 Å². The van der Waals surface area contributed by atoms with Gasteiger partial charge in [0.1, 0.15) is 5.75 Å². The Labute approximate surface area is 143 Å². The molecule has 7 nitrogen and oxygen atoms in total. The summed E-state index contributed by atoms with van der Waals surface area (Å²) in [6.07, 6.45) is 1.47. The molecule has 2 amide bonds. The molecule has 2 rings (SSSR count). The Morgan fingerprint density at radius 1 is 1.17 bits per heavy atom. The van der Waals surface area contributed by atoms with Gasteiger partial charge in [-0.1, -0.05) is 11.6 Å². The highest BCUT2D eigenvalue weighted by Gasteiger charge is 2.13. The third-order valence-electron chi connectivity index (χ3n) is 3.09. The lowest BCUT2D eigenvalue weighted by atomic mass is 10.2. The Bertz CT molecular complexity index is 895. The maximum atomic E-state index is 12.2. The molecule has 3 N–H and O–H groups in total. The number of rotatable bonds is 5. The zero-order valence-corrected chi connectivity index (χ0v) is 14.0. The number of sulfone groups is 1. The van der Waals surface area contributed by atoms with Gasteiger partial charge in [0, 0.05) is 17.9 Å². The molecule has 24 heavy (non-hydrogen) atoms. The summed E-state index contributed by atoms with van der Waals surface area (Å²) in [5.41, 5.74) is 0.446. The molecule has 0 heterocycles. The molecule has 0 unspecified atom stereocenters. The third kappa shape index (κ3) is 4.03. The van der Waals surface area contributed by atoms with E-state index in [0.29, 0.717) is 6.41 Å². The minimum atomic E-state index is -3.35. The minimum absolute atomic E-state index is 0.0497. The molecule has 0 saturated heterocycles. The van der Waals surface area contributed by atoms with Crippen molar-refractivity contribution in [2.45, 2.75) is 4.90 Å². The maximum absolute atomic E-state index is 12.2. The second kappa shape index (κ2) is 6.90. The molecule has 0 aromatic heterocycles. The smallest absolute Gasteiger partial charge is 0.255 e. The second-order valence-corrected chi connectivity index (χ2v) is 7.28. The third-order valence-corrected chi connectivity index (χ3v) is 4.53. The Balaban J connectivity index is 2.23. The number of carbonyl (C=O) groups excluding carboxylic acids is 2. The topological polar surface area (TPSA) is 113 Å². The van der Waals surface area contributed by atoms with Gasteiger partial charge in [-0.15, -0.1) is 0 Å². The van der Waals surface area contributed by atoms with E-state index in [1.165, 1.54) is 36.4 Å². The van der Waals surface area contributed by atoms with Gasteiger partial charge in [-0.25, -0.2) is 8.42 Å². The van der Waals surface area contributed by atoms with Crippen molar-refractivity contribution in [2.24, 2.45) is 0 Å². The van der Waals surface area contributed by atoms with Crippen molar-refractivity contribution in [3.05, 3.63) is 47.0 Å². The summed E-state index contributed by atoms with van der Waals surface area (Å²) in [7, 11) is -3.35. The van der Waals surface area contributed by atoms with Crippen LogP contribution in [0.25, 0.3) is 0 Å². The first-order valence-electron chi connectivity index (χ1n) is 6.56. The zero-order valence-electron chi connectivity index (χ0n) is 12.4. The van der Waals surface area contributed by atoms with Gasteiger partial charge in [0.05, 0.1) is 21.3 Å². The summed E-state index contributed by atoms with van der Waals surface area (Å²) in [5, 5.41) is 14.8. The molecule has 0 aliphatic carbocycles. The average Bonchev–Trinajstić information content (AvgIpc) is 2.51. The fourth-order valence-corrected chi connectivity index (χ4v) is 2.73. The fourth-order valence-electron chi connectivity index (χ4n) is 1.88. The number of hydrogen-bond donors (Lipinski definition) is 3. The number of phenols is 1. The van der Waals surface area contributed by atoms with E-state index < -0.39 is 15.7 Å². The first kappa shape index (κ1) is 17.8. The number of nitrogens with one attached hydrogen (secondary N) is 2. The van der Waals surface area contributed by atoms with Crippen molar-refractivity contribution in [1.82, 2.24) is 0 Å². The maximum Gasteiger partial charge on any atom is 0.255 e. The van der Waals surface area contributed by atoms with Crippen LogP contribution >= 0.6 is 11.6 Å². The van der Waals surface area contributed by atoms with Crippen molar-refractivity contribution < 1.29 is 23.1 Å². The number of phenolic OH excluding ortho intramolecular Hbond substituents is 1. The van der Waals surface area contributed by atoms with E-state index in [0.717, 1.165) is 6.26 Å². The molecule has 126 valence electrons. The van der Waals surface area contributed by atoms with Gasteiger partial charge in [-0.3, -0.25) is 9.59 Å². The van der Waals surface area contributed by atoms with Crippen molar-refractivity contribution in [1.29, 1.82) is 0 Å². The lowest BCUT2D eigenvalue weighted by Crippen LogP contribution is -2.12. The summed E-state index contributed by atoms with van der Waals surface area (Å²) >= 11 is 5.93. The SMILES string of the molecule is CS(=O)(=O)c1ccc(C(=O)Nc2cc(Cl)c(NC=O)cc2O)cc1. The quantitative estimate of drug-likeness (QED) is 0.553. The van der Waals surface area contributed by atoms with E-state index in [9.17, 15) is 23.1 Å². The van der Waals surface area contributed by atoms with Crippen LogP contribution in [0.2, 0.25) is 5.02 Å². The van der Waals surface area contributed by atoms with Gasteiger partial charge in [0.25, 0.3) is 5.91 Å². The standard InChI is InChI=1S/C15H13ClN2O5S/c1-24(22,23)10-4-2-9(3-5-10)15(21)18-13-6-11(16)12(17-8-19)7-14(13)20/h2-8,20H,1H3,(H,17,19)(H,18,21). The summed E-state index contributed by atoms with van der Waals surface area (Å²) in [6.45, 7) is 0. The molecular formula is C15H13ClN2O5S. The summed E-state index contributed by atoms with van der Waals surface area (Å²) < 4.78 is 22.8. The molecule has 9 heteroatoms. The van der Waals surface area contributed by atoms with E-state index in [1.54, 1.807) is 0 Å². The van der Waals surface area contributed by atoms with Gasteiger partial charge in [-0.2, -0.15) is 0 Å². The van der Waals surface area contributed by atoms with E-state index in [1.807, 2.05) is 0 Å². The fraction of sp³-hybridized carbons (Fsp3) is 0.0667. The van der Waals surface area contributed by atoms with Crippen LogP contribution in [0.1, 0.15) is 10.4 Å². The highest BCUT2D eigenvalue weighted by atomic mass is 35.5. The predicted molar refractivity (Wildman–Crippen MR) is 90.3 cm³/mol. The van der Waals surface area contributed by atoms with Crippen molar-refractivity contribution in [2.75, 3.05) is 16.9 Å². The molecule has 2 aromatic carbocycles. The van der Waals surface area contributed by atoms with Crippen LogP contribution in [0, 0.1) is 0 Å². The van der Waals surface area contributed by atoms with Gasteiger partial charge >= 0.3 is 0 Å². The summed E-state index contributed by atoms with van der Waals surface area (Å²) in [4.78, 5) is 22.7. The number of aromatic hydroxyl groups is 1. The van der Waals surface area contributed by atoms with Crippen LogP contribution in [-0.4, -0.2) is 32.1 Å². The van der Waals surface area contributed by atoms with Crippen molar-refractivity contribution in [3.63, 3.8) is 0 Å². The predicted octanol–water partition coefficient (Wildman–Crippen LogP) is 2.27. The number of carbonyl (C=O) groups is 2. The monoisotopic (exact) mass is 368 g/mol.